The molecule has 29 heavy (non-hydrogen) atoms. The molecule has 4 heteroatoms. The molecule has 4 heterocycles. The summed E-state index contributed by atoms with van der Waals surface area (Å²) < 4.78 is 10.7. The normalized spacial score (nSPS) is 31.1. The molecule has 0 N–H and O–H groups in total. The fraction of sp³-hybridized carbons (Fsp3) is 0.400. The van der Waals surface area contributed by atoms with Crippen molar-refractivity contribution in [3.63, 3.8) is 0 Å². The molecular formula is C25H27NO3. The topological polar surface area (TPSA) is 38.8 Å². The van der Waals surface area contributed by atoms with Crippen molar-refractivity contribution in [3.05, 3.63) is 59.7 Å². The number of carbonyl (C=O) groups excluding carboxylic acids is 1. The largest absolute Gasteiger partial charge is 0.496 e. The molecule has 4 aliphatic rings. The van der Waals surface area contributed by atoms with Crippen LogP contribution in [0, 0.1) is 11.8 Å². The average Bonchev–Trinajstić information content (AvgIpc) is 3.08. The lowest BCUT2D eigenvalue weighted by molar-refractivity contribution is -0.153. The highest BCUT2D eigenvalue weighted by molar-refractivity contribution is 5.76. The number of nitrogens with zero attached hydrogens (tertiary/aromatic N) is 1. The van der Waals surface area contributed by atoms with Crippen molar-refractivity contribution < 1.29 is 14.3 Å². The molecule has 0 aliphatic carbocycles. The first-order valence-corrected chi connectivity index (χ1v) is 10.5. The Balaban J connectivity index is 1.43. The van der Waals surface area contributed by atoms with Crippen molar-refractivity contribution in [1.82, 2.24) is 4.90 Å². The molecular weight excluding hydrogens is 362 g/mol. The number of fused-ring (bicyclic) bond motifs is 1. The fourth-order valence-corrected chi connectivity index (χ4v) is 5.74. The second-order valence-corrected chi connectivity index (χ2v) is 8.40. The zero-order valence-electron chi connectivity index (χ0n) is 17.0. The van der Waals surface area contributed by atoms with E-state index < -0.39 is 0 Å². The van der Waals surface area contributed by atoms with Crippen LogP contribution in [-0.4, -0.2) is 43.7 Å². The van der Waals surface area contributed by atoms with E-state index in [1.54, 1.807) is 7.11 Å². The quantitative estimate of drug-likeness (QED) is 0.727. The molecule has 4 fully saturated rings. The summed E-state index contributed by atoms with van der Waals surface area (Å²) in [6, 6.07) is 17.7. The predicted octanol–water partition coefficient (Wildman–Crippen LogP) is 4.40. The third-order valence-corrected chi connectivity index (χ3v) is 7.06. The van der Waals surface area contributed by atoms with Crippen LogP contribution in [0.3, 0.4) is 0 Å². The van der Waals surface area contributed by atoms with Crippen LogP contribution in [-0.2, 0) is 9.53 Å². The van der Waals surface area contributed by atoms with Crippen LogP contribution in [0.15, 0.2) is 54.1 Å². The highest BCUT2D eigenvalue weighted by Crippen LogP contribution is 2.50. The van der Waals surface area contributed by atoms with E-state index >= 15 is 0 Å². The average molecular weight is 389 g/mol. The van der Waals surface area contributed by atoms with Crippen LogP contribution in [0.1, 0.15) is 24.8 Å². The molecule has 4 aliphatic heterocycles. The maximum atomic E-state index is 12.5. The summed E-state index contributed by atoms with van der Waals surface area (Å²) in [7, 11) is 3.22. The van der Waals surface area contributed by atoms with Gasteiger partial charge in [-0.3, -0.25) is 9.69 Å². The van der Waals surface area contributed by atoms with Gasteiger partial charge in [0.25, 0.3) is 0 Å². The smallest absolute Gasteiger partial charge is 0.310 e. The van der Waals surface area contributed by atoms with E-state index in [2.05, 4.69) is 41.3 Å². The van der Waals surface area contributed by atoms with Crippen LogP contribution in [0.4, 0.5) is 0 Å². The molecule has 2 aromatic carbocycles. The van der Waals surface area contributed by atoms with E-state index in [-0.39, 0.29) is 11.9 Å². The second-order valence-electron chi connectivity index (χ2n) is 8.40. The van der Waals surface area contributed by atoms with Gasteiger partial charge in [0.2, 0.25) is 0 Å². The van der Waals surface area contributed by atoms with E-state index in [1.165, 1.54) is 24.7 Å². The van der Waals surface area contributed by atoms with Crippen molar-refractivity contribution in [2.24, 2.45) is 11.8 Å². The number of rotatable bonds is 4. The van der Waals surface area contributed by atoms with Crippen molar-refractivity contribution >= 4 is 12.0 Å². The van der Waals surface area contributed by atoms with Gasteiger partial charge in [-0.2, -0.15) is 0 Å². The Morgan fingerprint density at radius 3 is 2.62 bits per heavy atom. The molecule has 2 aromatic rings. The van der Waals surface area contributed by atoms with Gasteiger partial charge in [-0.25, -0.2) is 0 Å². The number of esters is 1. The maximum absolute atomic E-state index is 12.5. The summed E-state index contributed by atoms with van der Waals surface area (Å²) in [6.07, 6.45) is 5.72. The van der Waals surface area contributed by atoms with Crippen LogP contribution >= 0.6 is 0 Å². The molecule has 1 unspecified atom stereocenters. The number of benzene rings is 2. The first-order valence-electron chi connectivity index (χ1n) is 10.5. The van der Waals surface area contributed by atoms with Gasteiger partial charge >= 0.3 is 5.97 Å². The Hall–Kier alpha value is -2.59. The molecule has 4 bridgehead atoms. The second kappa shape index (κ2) is 7.34. The molecule has 0 saturated carbocycles. The maximum Gasteiger partial charge on any atom is 0.310 e. The Morgan fingerprint density at radius 1 is 1.07 bits per heavy atom. The number of ether oxygens (including phenoxy) is 2. The summed E-state index contributed by atoms with van der Waals surface area (Å²) in [4.78, 5) is 15.1. The minimum absolute atomic E-state index is 0.00777. The lowest BCUT2D eigenvalue weighted by Gasteiger charge is -2.50. The number of piperidine rings is 3. The first kappa shape index (κ1) is 18.4. The minimum Gasteiger partial charge on any atom is -0.496 e. The molecule has 0 amide bonds. The number of para-hydroxylation sites is 1. The summed E-state index contributed by atoms with van der Waals surface area (Å²) in [6.45, 7) is 0.988. The molecule has 4 nitrogen and oxygen atoms in total. The van der Waals surface area contributed by atoms with E-state index in [9.17, 15) is 4.79 Å². The summed E-state index contributed by atoms with van der Waals surface area (Å²) >= 11 is 0. The summed E-state index contributed by atoms with van der Waals surface area (Å²) in [5.74, 6) is 1.15. The van der Waals surface area contributed by atoms with Crippen molar-refractivity contribution in [1.29, 1.82) is 0 Å². The SMILES string of the molecule is COC(=O)[C@H]1[C@@H]2C[C@@H]3CC[C@H]1N3C/C2=C\c1ccc(-c2ccccc2OC)cc1. The van der Waals surface area contributed by atoms with Crippen molar-refractivity contribution in [2.45, 2.75) is 31.3 Å². The zero-order chi connectivity index (χ0) is 20.0. The highest BCUT2D eigenvalue weighted by Gasteiger charge is 2.55. The van der Waals surface area contributed by atoms with Gasteiger partial charge in [0, 0.05) is 24.2 Å². The van der Waals surface area contributed by atoms with Gasteiger partial charge < -0.3 is 9.47 Å². The number of methoxy groups -OCH3 is 2. The van der Waals surface area contributed by atoms with Gasteiger partial charge in [0.15, 0.2) is 0 Å². The lowest BCUT2D eigenvalue weighted by Crippen LogP contribution is -2.58. The summed E-state index contributed by atoms with van der Waals surface area (Å²) in [5.41, 5.74) is 4.80. The van der Waals surface area contributed by atoms with Crippen molar-refractivity contribution in [2.75, 3.05) is 20.8 Å². The molecule has 4 saturated heterocycles. The number of hydrogen-bond acceptors (Lipinski definition) is 4. The Morgan fingerprint density at radius 2 is 1.86 bits per heavy atom. The Bertz CT molecular complexity index is 949. The molecule has 150 valence electrons. The van der Waals surface area contributed by atoms with Gasteiger partial charge in [0.05, 0.1) is 20.1 Å². The van der Waals surface area contributed by atoms with Gasteiger partial charge in [-0.05, 0) is 42.4 Å². The Kier molecular flexibility index (Phi) is 4.67. The fourth-order valence-electron chi connectivity index (χ4n) is 5.74. The predicted molar refractivity (Wildman–Crippen MR) is 114 cm³/mol. The Labute approximate surface area is 172 Å². The zero-order valence-corrected chi connectivity index (χ0v) is 17.0. The third-order valence-electron chi connectivity index (χ3n) is 7.06. The highest BCUT2D eigenvalue weighted by atomic mass is 16.5. The minimum atomic E-state index is -0.0394. The van der Waals surface area contributed by atoms with Crippen LogP contribution in [0.2, 0.25) is 0 Å². The van der Waals surface area contributed by atoms with Gasteiger partial charge in [-0.1, -0.05) is 54.1 Å². The lowest BCUT2D eigenvalue weighted by atomic mass is 9.71. The van der Waals surface area contributed by atoms with Gasteiger partial charge in [-0.15, -0.1) is 0 Å². The van der Waals surface area contributed by atoms with Crippen LogP contribution < -0.4 is 4.74 Å². The third kappa shape index (κ3) is 3.06. The van der Waals surface area contributed by atoms with E-state index in [1.807, 2.05) is 18.2 Å². The molecule has 0 spiro atoms. The first-order chi connectivity index (χ1) is 14.2. The van der Waals surface area contributed by atoms with E-state index in [4.69, 9.17) is 9.47 Å². The number of carbonyl (C=O) groups is 1. The van der Waals surface area contributed by atoms with E-state index in [0.717, 1.165) is 36.3 Å². The standard InChI is InChI=1S/C25H27NO3/c1-28-23-6-4-3-5-20(23)17-9-7-16(8-10-17)13-18-15-26-19-11-12-22(26)24(21(18)14-19)25(27)29-2/h3-10,13,19,21-22,24H,11-12,14-15H2,1-2H3/b18-13+/t19-,21+,22+,24-/m0/s1. The molecule has 0 radical (unpaired) electrons. The molecule has 0 aromatic heterocycles. The number of hydrogen-bond donors (Lipinski definition) is 0. The van der Waals surface area contributed by atoms with E-state index in [0.29, 0.717) is 18.0 Å². The monoisotopic (exact) mass is 389 g/mol. The molecule has 6 rings (SSSR count). The molecule has 5 atom stereocenters. The van der Waals surface area contributed by atoms with Crippen LogP contribution in [0.5, 0.6) is 5.75 Å². The van der Waals surface area contributed by atoms with Crippen LogP contribution in [0.25, 0.3) is 17.2 Å². The van der Waals surface area contributed by atoms with Gasteiger partial charge in [0.1, 0.15) is 5.75 Å². The van der Waals surface area contributed by atoms with Crippen molar-refractivity contribution in [3.8, 4) is 16.9 Å². The summed E-state index contributed by atoms with van der Waals surface area (Å²) in [5, 5.41) is 0.